The average molecular weight is 319 g/mol. The van der Waals surface area contributed by atoms with E-state index in [0.717, 1.165) is 5.56 Å². The molecule has 0 amide bonds. The Hall–Kier alpha value is -2.17. The van der Waals surface area contributed by atoms with E-state index in [0.29, 0.717) is 11.1 Å². The van der Waals surface area contributed by atoms with Crippen molar-refractivity contribution in [3.05, 3.63) is 70.8 Å². The lowest BCUT2D eigenvalue weighted by Gasteiger charge is -2.21. The minimum Gasteiger partial charge on any atom is -0.478 e. The highest BCUT2D eigenvalue weighted by atomic mass is 35.5. The molecule has 0 bridgehead atoms. The molecule has 1 N–H and O–H groups in total. The molecule has 0 saturated heterocycles. The second-order valence-corrected chi connectivity index (χ2v) is 5.41. The molecule has 114 valence electrons. The van der Waals surface area contributed by atoms with Crippen LogP contribution >= 0.6 is 11.6 Å². The van der Waals surface area contributed by atoms with Gasteiger partial charge in [-0.25, -0.2) is 4.79 Å². The Balaban J connectivity index is 2.42. The van der Waals surface area contributed by atoms with Crippen LogP contribution in [0.5, 0.6) is 0 Å². The number of methoxy groups -OCH3 is 1. The van der Waals surface area contributed by atoms with Crippen molar-refractivity contribution in [1.29, 1.82) is 0 Å². The maximum Gasteiger partial charge on any atom is 0.356 e. The molecule has 1 atom stereocenters. The molecule has 0 fully saturated rings. The van der Waals surface area contributed by atoms with E-state index in [9.17, 15) is 14.7 Å². The normalized spacial score (nSPS) is 13.4. The Morgan fingerprint density at radius 2 is 1.73 bits per heavy atom. The molecule has 2 aromatic rings. The van der Waals surface area contributed by atoms with Crippen LogP contribution in [-0.2, 0) is 14.6 Å². The van der Waals surface area contributed by atoms with E-state index in [1.807, 2.05) is 19.1 Å². The van der Waals surface area contributed by atoms with Crippen molar-refractivity contribution in [1.82, 2.24) is 0 Å². The first-order valence-corrected chi connectivity index (χ1v) is 6.95. The summed E-state index contributed by atoms with van der Waals surface area (Å²) in [5, 5.41) is 7.21. The molecule has 0 spiro atoms. The number of halogens is 1. The van der Waals surface area contributed by atoms with Crippen molar-refractivity contribution in [3.8, 4) is 0 Å². The van der Waals surface area contributed by atoms with Gasteiger partial charge in [0.05, 0.1) is 0 Å². The molecule has 0 aliphatic carbocycles. The summed E-state index contributed by atoms with van der Waals surface area (Å²) in [7, 11) is 1.20. The molecule has 2 aromatic carbocycles. The quantitative estimate of drug-likeness (QED) is 0.678. The van der Waals surface area contributed by atoms with Crippen LogP contribution in [0.3, 0.4) is 0 Å². The van der Waals surface area contributed by atoms with Crippen LogP contribution in [0.2, 0.25) is 0 Å². The molecule has 0 aliphatic heterocycles. The van der Waals surface area contributed by atoms with Gasteiger partial charge in [0.25, 0.3) is 5.06 Å². The van der Waals surface area contributed by atoms with Gasteiger partial charge in [-0.2, -0.15) is 0 Å². The van der Waals surface area contributed by atoms with Crippen LogP contribution in [0.4, 0.5) is 0 Å². The van der Waals surface area contributed by atoms with Gasteiger partial charge in [-0.1, -0.05) is 59.6 Å². The molecular weight excluding hydrogens is 304 g/mol. The van der Waals surface area contributed by atoms with Crippen molar-refractivity contribution < 1.29 is 19.4 Å². The third-order valence-corrected chi connectivity index (χ3v) is 3.90. The number of aryl methyl sites for hydroxylation is 1. The largest absolute Gasteiger partial charge is 0.478 e. The number of ether oxygens (including phenoxy) is 1. The second kappa shape index (κ2) is 6.30. The van der Waals surface area contributed by atoms with Crippen LogP contribution < -0.4 is 0 Å². The molecule has 0 heterocycles. The molecule has 5 heteroatoms. The predicted molar refractivity (Wildman–Crippen MR) is 83.2 cm³/mol. The Morgan fingerprint density at radius 3 is 2.27 bits per heavy atom. The zero-order valence-electron chi connectivity index (χ0n) is 12.2. The molecule has 22 heavy (non-hydrogen) atoms. The summed E-state index contributed by atoms with van der Waals surface area (Å²) in [4.78, 5) is 23.8. The van der Waals surface area contributed by atoms with Crippen molar-refractivity contribution in [2.45, 2.75) is 12.0 Å². The summed E-state index contributed by atoms with van der Waals surface area (Å²) in [6, 6.07) is 13.3. The van der Waals surface area contributed by atoms with Gasteiger partial charge in [-0.05, 0) is 13.0 Å². The fourth-order valence-electron chi connectivity index (χ4n) is 2.06. The number of carbonyl (C=O) groups excluding carboxylic acids is 1. The van der Waals surface area contributed by atoms with Gasteiger partial charge in [0.15, 0.2) is 5.78 Å². The minimum atomic E-state index is -2.01. The molecule has 0 aromatic heterocycles. The molecule has 0 aliphatic rings. The molecule has 2 rings (SSSR count). The summed E-state index contributed by atoms with van der Waals surface area (Å²) in [6.07, 6.45) is 0. The van der Waals surface area contributed by atoms with E-state index >= 15 is 0 Å². The molecular formula is C17H15ClO4. The fourth-order valence-corrected chi connectivity index (χ4v) is 2.18. The first-order chi connectivity index (χ1) is 10.4. The summed E-state index contributed by atoms with van der Waals surface area (Å²) in [6.45, 7) is 1.93. The Morgan fingerprint density at radius 1 is 1.09 bits per heavy atom. The number of ketones is 1. The van der Waals surface area contributed by atoms with E-state index in [4.69, 9.17) is 16.3 Å². The number of hydrogen-bond acceptors (Lipinski definition) is 3. The topological polar surface area (TPSA) is 63.6 Å². The maximum absolute atomic E-state index is 12.5. The standard InChI is InChI=1S/C17H15ClO4/c1-11-6-8-12(9-7-11)15(19)13-4-3-5-14(10-13)17(18,22-2)16(20)21/h3-10H,1-2H3,(H,20,21). The van der Waals surface area contributed by atoms with Gasteiger partial charge in [-0.3, -0.25) is 4.79 Å². The lowest BCUT2D eigenvalue weighted by Crippen LogP contribution is -2.31. The van der Waals surface area contributed by atoms with Crippen molar-refractivity contribution in [3.63, 3.8) is 0 Å². The Labute approximate surface area is 133 Å². The second-order valence-electron chi connectivity index (χ2n) is 4.88. The monoisotopic (exact) mass is 318 g/mol. The van der Waals surface area contributed by atoms with Gasteiger partial charge < -0.3 is 9.84 Å². The van der Waals surface area contributed by atoms with Crippen molar-refractivity contribution in [2.75, 3.05) is 7.11 Å². The summed E-state index contributed by atoms with van der Waals surface area (Å²) >= 11 is 5.99. The number of alkyl halides is 1. The first-order valence-electron chi connectivity index (χ1n) is 6.58. The number of benzene rings is 2. The lowest BCUT2D eigenvalue weighted by atomic mass is 9.98. The van der Waals surface area contributed by atoms with Gasteiger partial charge in [0.2, 0.25) is 0 Å². The maximum atomic E-state index is 12.5. The van der Waals surface area contributed by atoms with E-state index in [2.05, 4.69) is 0 Å². The highest BCUT2D eigenvalue weighted by molar-refractivity contribution is 6.32. The van der Waals surface area contributed by atoms with Crippen molar-refractivity contribution >= 4 is 23.4 Å². The third-order valence-electron chi connectivity index (χ3n) is 3.37. The van der Waals surface area contributed by atoms with Crippen LogP contribution in [0.25, 0.3) is 0 Å². The molecule has 1 unspecified atom stereocenters. The van der Waals surface area contributed by atoms with E-state index in [1.54, 1.807) is 24.3 Å². The highest BCUT2D eigenvalue weighted by Crippen LogP contribution is 2.31. The van der Waals surface area contributed by atoms with E-state index in [-0.39, 0.29) is 11.3 Å². The van der Waals surface area contributed by atoms with Crippen LogP contribution in [0.15, 0.2) is 48.5 Å². The third kappa shape index (κ3) is 3.03. The Bertz CT molecular complexity index is 709. The number of hydrogen-bond donors (Lipinski definition) is 1. The summed E-state index contributed by atoms with van der Waals surface area (Å²) in [5.41, 5.74) is 2.12. The summed E-state index contributed by atoms with van der Waals surface area (Å²) in [5.74, 6) is -1.54. The van der Waals surface area contributed by atoms with Gasteiger partial charge in [-0.15, -0.1) is 0 Å². The van der Waals surface area contributed by atoms with Crippen LogP contribution in [-0.4, -0.2) is 24.0 Å². The number of carbonyl (C=O) groups is 2. The lowest BCUT2D eigenvalue weighted by molar-refractivity contribution is -0.153. The number of carboxylic acid groups (broad SMARTS) is 1. The average Bonchev–Trinajstić information content (AvgIpc) is 2.54. The van der Waals surface area contributed by atoms with Gasteiger partial charge in [0, 0.05) is 23.8 Å². The highest BCUT2D eigenvalue weighted by Gasteiger charge is 2.38. The van der Waals surface area contributed by atoms with Gasteiger partial charge in [0.1, 0.15) is 0 Å². The fraction of sp³-hybridized carbons (Fsp3) is 0.176. The van der Waals surface area contributed by atoms with E-state index < -0.39 is 11.0 Å². The predicted octanol–water partition coefficient (Wildman–Crippen LogP) is 3.35. The summed E-state index contributed by atoms with van der Waals surface area (Å²) < 4.78 is 4.90. The SMILES string of the molecule is COC(Cl)(C(=O)O)c1cccc(C(=O)c2ccc(C)cc2)c1. The zero-order chi connectivity index (χ0) is 16.3. The van der Waals surface area contributed by atoms with Crippen LogP contribution in [0, 0.1) is 6.92 Å². The number of carboxylic acids is 1. The first kappa shape index (κ1) is 16.2. The van der Waals surface area contributed by atoms with E-state index in [1.165, 1.54) is 19.2 Å². The molecule has 4 nitrogen and oxygen atoms in total. The van der Waals surface area contributed by atoms with Crippen LogP contribution in [0.1, 0.15) is 27.0 Å². The van der Waals surface area contributed by atoms with Gasteiger partial charge >= 0.3 is 5.97 Å². The number of rotatable bonds is 5. The molecule has 0 saturated carbocycles. The zero-order valence-corrected chi connectivity index (χ0v) is 12.9. The smallest absolute Gasteiger partial charge is 0.356 e. The minimum absolute atomic E-state index is 0.196. The number of aliphatic carboxylic acids is 1. The van der Waals surface area contributed by atoms with Crippen molar-refractivity contribution in [2.24, 2.45) is 0 Å². The Kier molecular flexibility index (Phi) is 4.64. The molecule has 0 radical (unpaired) electrons.